The third kappa shape index (κ3) is 5.97. The Morgan fingerprint density at radius 3 is 2.42 bits per heavy atom. The van der Waals surface area contributed by atoms with E-state index in [1.165, 1.54) is 0 Å². The summed E-state index contributed by atoms with van der Waals surface area (Å²) in [5, 5.41) is 17.3. The molecule has 1 amide bonds. The van der Waals surface area contributed by atoms with Crippen molar-refractivity contribution in [2.24, 2.45) is 0 Å². The Kier molecular flexibility index (Phi) is 7.37. The first-order valence-electron chi connectivity index (χ1n) is 10.2. The largest absolute Gasteiger partial charge is 0.444 e. The standard InChI is InChI=1S/C24H19Br2N5O2/c25-20-7-5-17(6-8-20)11-12-30(24(32)21-9-10-22(26)33-21)15-23-29-28-16-31(23)14-19-3-1-18(13-27)2-4-19/h1-10,16H,11-12,14-15H2. The summed E-state index contributed by atoms with van der Waals surface area (Å²) in [6.45, 7) is 1.31. The quantitative estimate of drug-likeness (QED) is 0.291. The maximum Gasteiger partial charge on any atom is 0.290 e. The molecule has 0 bridgehead atoms. The Morgan fingerprint density at radius 1 is 1.03 bits per heavy atom. The van der Waals surface area contributed by atoms with E-state index < -0.39 is 0 Å². The molecular weight excluding hydrogens is 550 g/mol. The molecule has 33 heavy (non-hydrogen) atoms. The molecule has 4 rings (SSSR count). The molecule has 0 radical (unpaired) electrons. The van der Waals surface area contributed by atoms with Crippen LogP contribution in [-0.2, 0) is 19.5 Å². The number of nitriles is 1. The van der Waals surface area contributed by atoms with Gasteiger partial charge in [-0.1, -0.05) is 40.2 Å². The van der Waals surface area contributed by atoms with Gasteiger partial charge in [-0.3, -0.25) is 4.79 Å². The summed E-state index contributed by atoms with van der Waals surface area (Å²) in [6.07, 6.45) is 2.33. The van der Waals surface area contributed by atoms with Gasteiger partial charge in [0, 0.05) is 11.0 Å². The number of rotatable bonds is 8. The molecule has 0 spiro atoms. The van der Waals surface area contributed by atoms with Gasteiger partial charge in [0.15, 0.2) is 16.3 Å². The minimum atomic E-state index is -0.217. The van der Waals surface area contributed by atoms with Crippen LogP contribution in [0.2, 0.25) is 0 Å². The number of aromatic nitrogens is 3. The number of carbonyl (C=O) groups is 1. The number of furan rings is 1. The summed E-state index contributed by atoms with van der Waals surface area (Å²) in [5.74, 6) is 0.704. The van der Waals surface area contributed by atoms with Gasteiger partial charge in [0.25, 0.3) is 5.91 Å². The lowest BCUT2D eigenvalue weighted by atomic mass is 10.1. The predicted molar refractivity (Wildman–Crippen MR) is 129 cm³/mol. The molecule has 0 aliphatic rings. The van der Waals surface area contributed by atoms with Crippen LogP contribution in [0.3, 0.4) is 0 Å². The first kappa shape index (κ1) is 23.0. The normalized spacial score (nSPS) is 10.7. The van der Waals surface area contributed by atoms with E-state index in [0.29, 0.717) is 35.6 Å². The summed E-state index contributed by atoms with van der Waals surface area (Å²) >= 11 is 6.71. The van der Waals surface area contributed by atoms with Gasteiger partial charge in [0.05, 0.1) is 24.7 Å². The first-order chi connectivity index (χ1) is 16.0. The first-order valence-corrected chi connectivity index (χ1v) is 11.7. The van der Waals surface area contributed by atoms with E-state index in [0.717, 1.165) is 15.6 Å². The van der Waals surface area contributed by atoms with Crippen LogP contribution in [0.15, 0.2) is 80.6 Å². The van der Waals surface area contributed by atoms with Crippen molar-refractivity contribution < 1.29 is 9.21 Å². The minimum absolute atomic E-state index is 0.217. The maximum atomic E-state index is 13.2. The van der Waals surface area contributed by atoms with Crippen LogP contribution in [0.25, 0.3) is 0 Å². The second-order valence-electron chi connectivity index (χ2n) is 7.39. The highest BCUT2D eigenvalue weighted by Crippen LogP contribution is 2.18. The molecule has 0 saturated carbocycles. The molecule has 4 aromatic rings. The second-order valence-corrected chi connectivity index (χ2v) is 9.09. The number of hydrogen-bond donors (Lipinski definition) is 0. The Hall–Kier alpha value is -3.22. The number of nitrogens with zero attached hydrogens (tertiary/aromatic N) is 5. The fraction of sp³-hybridized carbons (Fsp3) is 0.167. The minimum Gasteiger partial charge on any atom is -0.444 e. The van der Waals surface area contributed by atoms with E-state index in [-0.39, 0.29) is 18.2 Å². The third-order valence-electron chi connectivity index (χ3n) is 5.12. The highest BCUT2D eigenvalue weighted by Gasteiger charge is 2.22. The van der Waals surface area contributed by atoms with Crippen molar-refractivity contribution in [3.63, 3.8) is 0 Å². The zero-order valence-electron chi connectivity index (χ0n) is 17.5. The molecule has 2 heterocycles. The molecule has 0 unspecified atom stereocenters. The lowest BCUT2D eigenvalue weighted by Crippen LogP contribution is -2.33. The molecule has 0 aliphatic carbocycles. The van der Waals surface area contributed by atoms with Crippen LogP contribution in [0.1, 0.15) is 33.1 Å². The maximum absolute atomic E-state index is 13.2. The van der Waals surface area contributed by atoms with Crippen LogP contribution in [-0.4, -0.2) is 32.1 Å². The predicted octanol–water partition coefficient (Wildman–Crippen LogP) is 5.20. The van der Waals surface area contributed by atoms with E-state index in [2.05, 4.69) is 48.1 Å². The smallest absolute Gasteiger partial charge is 0.290 e. The molecule has 0 aliphatic heterocycles. The molecule has 0 atom stereocenters. The molecule has 0 saturated heterocycles. The SMILES string of the molecule is N#Cc1ccc(Cn2cnnc2CN(CCc2ccc(Br)cc2)C(=O)c2ccc(Br)o2)cc1. The fourth-order valence-corrected chi connectivity index (χ4v) is 3.91. The van der Waals surface area contributed by atoms with Crippen molar-refractivity contribution >= 4 is 37.8 Å². The summed E-state index contributed by atoms with van der Waals surface area (Å²) < 4.78 is 8.93. The van der Waals surface area contributed by atoms with Gasteiger partial charge in [-0.15, -0.1) is 10.2 Å². The van der Waals surface area contributed by atoms with E-state index in [1.807, 2.05) is 41.0 Å². The van der Waals surface area contributed by atoms with Crippen molar-refractivity contribution in [1.82, 2.24) is 19.7 Å². The van der Waals surface area contributed by atoms with Crippen LogP contribution in [0.5, 0.6) is 0 Å². The van der Waals surface area contributed by atoms with Gasteiger partial charge >= 0.3 is 0 Å². The summed E-state index contributed by atoms with van der Waals surface area (Å²) in [4.78, 5) is 14.9. The monoisotopic (exact) mass is 567 g/mol. The highest BCUT2D eigenvalue weighted by molar-refractivity contribution is 9.10. The number of hydrogen-bond acceptors (Lipinski definition) is 5. The third-order valence-corrected chi connectivity index (χ3v) is 6.07. The zero-order chi connectivity index (χ0) is 23.2. The summed E-state index contributed by atoms with van der Waals surface area (Å²) in [7, 11) is 0. The molecule has 0 fully saturated rings. The molecule has 7 nitrogen and oxygen atoms in total. The molecule has 9 heteroatoms. The summed E-state index contributed by atoms with van der Waals surface area (Å²) in [5.41, 5.74) is 2.74. The molecule has 2 aromatic heterocycles. The Morgan fingerprint density at radius 2 is 1.76 bits per heavy atom. The van der Waals surface area contributed by atoms with E-state index in [1.54, 1.807) is 35.5 Å². The van der Waals surface area contributed by atoms with Crippen molar-refractivity contribution in [2.75, 3.05) is 6.54 Å². The van der Waals surface area contributed by atoms with Gasteiger partial charge in [0.1, 0.15) is 6.33 Å². The van der Waals surface area contributed by atoms with E-state index in [9.17, 15) is 4.79 Å². The highest BCUT2D eigenvalue weighted by atomic mass is 79.9. The molecule has 0 N–H and O–H groups in total. The van der Waals surface area contributed by atoms with Gasteiger partial charge in [-0.05, 0) is 69.9 Å². The average molecular weight is 569 g/mol. The van der Waals surface area contributed by atoms with Crippen LogP contribution < -0.4 is 0 Å². The number of halogens is 2. The number of amides is 1. The topological polar surface area (TPSA) is 88.0 Å². The molecular formula is C24H19Br2N5O2. The van der Waals surface area contributed by atoms with Gasteiger partial charge in [-0.2, -0.15) is 5.26 Å². The average Bonchev–Trinajstić information content (AvgIpc) is 3.46. The second kappa shape index (κ2) is 10.6. The van der Waals surface area contributed by atoms with Crippen LogP contribution in [0, 0.1) is 11.3 Å². The molecule has 166 valence electrons. The lowest BCUT2D eigenvalue weighted by molar-refractivity contribution is 0.0705. The Balaban J connectivity index is 1.53. The van der Waals surface area contributed by atoms with Crippen molar-refractivity contribution in [2.45, 2.75) is 19.5 Å². The lowest BCUT2D eigenvalue weighted by Gasteiger charge is -2.22. The summed E-state index contributed by atoms with van der Waals surface area (Å²) in [6, 6.07) is 20.9. The van der Waals surface area contributed by atoms with Gasteiger partial charge < -0.3 is 13.9 Å². The van der Waals surface area contributed by atoms with Crippen molar-refractivity contribution in [3.8, 4) is 6.07 Å². The van der Waals surface area contributed by atoms with E-state index in [4.69, 9.17) is 9.68 Å². The van der Waals surface area contributed by atoms with Crippen LogP contribution >= 0.6 is 31.9 Å². The van der Waals surface area contributed by atoms with Gasteiger partial charge in [0.2, 0.25) is 0 Å². The molecule has 2 aromatic carbocycles. The number of benzene rings is 2. The fourth-order valence-electron chi connectivity index (χ4n) is 3.34. The van der Waals surface area contributed by atoms with Crippen molar-refractivity contribution in [3.05, 3.63) is 104 Å². The van der Waals surface area contributed by atoms with Crippen LogP contribution in [0.4, 0.5) is 0 Å². The van der Waals surface area contributed by atoms with Crippen molar-refractivity contribution in [1.29, 1.82) is 5.26 Å². The number of carbonyl (C=O) groups excluding carboxylic acids is 1. The van der Waals surface area contributed by atoms with Gasteiger partial charge in [-0.25, -0.2) is 0 Å². The Bertz CT molecular complexity index is 1270. The Labute approximate surface area is 207 Å². The van der Waals surface area contributed by atoms with E-state index >= 15 is 0 Å². The zero-order valence-corrected chi connectivity index (χ0v) is 20.7.